The maximum Gasteiger partial charge on any atom is 0.340 e. The molecule has 3 heterocycles. The zero-order valence-electron chi connectivity index (χ0n) is 12.1. The Kier molecular flexibility index (Phi) is 3.96. The average Bonchev–Trinajstić information content (AvgIpc) is 3.02. The summed E-state index contributed by atoms with van der Waals surface area (Å²) in [6, 6.07) is 9.28. The Morgan fingerprint density at radius 3 is 2.23 bits per heavy atom. The van der Waals surface area contributed by atoms with Crippen LogP contribution < -0.4 is 0 Å². The largest absolute Gasteiger partial charge is 0.462 e. The van der Waals surface area contributed by atoms with Gasteiger partial charge in [-0.2, -0.15) is 0 Å². The van der Waals surface area contributed by atoms with Crippen LogP contribution in [-0.4, -0.2) is 27.5 Å². The fourth-order valence-corrected chi connectivity index (χ4v) is 2.26. The summed E-state index contributed by atoms with van der Waals surface area (Å²) in [5, 5.41) is 0. The van der Waals surface area contributed by atoms with Crippen molar-refractivity contribution in [3.63, 3.8) is 0 Å². The number of aromatic nitrogens is 3. The van der Waals surface area contributed by atoms with Gasteiger partial charge in [-0.05, 0) is 37.3 Å². The Labute approximate surface area is 128 Å². The highest BCUT2D eigenvalue weighted by Gasteiger charge is 2.18. The zero-order valence-corrected chi connectivity index (χ0v) is 12.1. The van der Waals surface area contributed by atoms with E-state index in [-0.39, 0.29) is 5.97 Å². The van der Waals surface area contributed by atoms with E-state index in [2.05, 4.69) is 15.0 Å². The van der Waals surface area contributed by atoms with Crippen LogP contribution in [-0.2, 0) is 4.74 Å². The molecule has 0 aliphatic rings. The van der Waals surface area contributed by atoms with Crippen LogP contribution in [0.25, 0.3) is 22.5 Å². The minimum atomic E-state index is -0.342. The summed E-state index contributed by atoms with van der Waals surface area (Å²) in [6.45, 7) is 2.13. The molecule has 0 saturated carbocycles. The second-order valence-corrected chi connectivity index (χ2v) is 4.66. The lowest BCUT2D eigenvalue weighted by Crippen LogP contribution is -2.04. The maximum atomic E-state index is 12.2. The number of carbonyl (C=O) groups is 1. The molecular formula is C17H15N3O2. The second-order valence-electron chi connectivity index (χ2n) is 4.66. The highest BCUT2D eigenvalue weighted by molar-refractivity contribution is 5.98. The number of nitrogens with zero attached hydrogens (tertiary/aromatic N) is 2. The Balaban J connectivity index is 2.11. The smallest absolute Gasteiger partial charge is 0.340 e. The van der Waals surface area contributed by atoms with Gasteiger partial charge in [0, 0.05) is 41.6 Å². The number of hydrogen-bond acceptors (Lipinski definition) is 4. The van der Waals surface area contributed by atoms with Gasteiger partial charge in [-0.15, -0.1) is 0 Å². The van der Waals surface area contributed by atoms with Crippen molar-refractivity contribution in [1.82, 2.24) is 15.0 Å². The molecule has 0 unspecified atom stereocenters. The predicted octanol–water partition coefficient (Wildman–Crippen LogP) is 3.32. The average molecular weight is 293 g/mol. The summed E-state index contributed by atoms with van der Waals surface area (Å²) in [7, 11) is 0. The molecule has 3 rings (SSSR count). The summed E-state index contributed by atoms with van der Waals surface area (Å²) in [5.41, 5.74) is 3.93. The van der Waals surface area contributed by atoms with Gasteiger partial charge in [-0.1, -0.05) is 0 Å². The molecule has 0 fully saturated rings. The van der Waals surface area contributed by atoms with Crippen LogP contribution in [0.15, 0.2) is 55.1 Å². The minimum absolute atomic E-state index is 0.338. The van der Waals surface area contributed by atoms with Crippen molar-refractivity contribution >= 4 is 5.97 Å². The summed E-state index contributed by atoms with van der Waals surface area (Å²) in [6.07, 6.45) is 6.81. The third-order valence-corrected chi connectivity index (χ3v) is 3.27. The van der Waals surface area contributed by atoms with Crippen LogP contribution >= 0.6 is 0 Å². The van der Waals surface area contributed by atoms with E-state index in [0.29, 0.717) is 12.2 Å². The number of esters is 1. The Bertz CT molecular complexity index is 767. The van der Waals surface area contributed by atoms with Gasteiger partial charge in [0.25, 0.3) is 0 Å². The van der Waals surface area contributed by atoms with Crippen LogP contribution in [0, 0.1) is 0 Å². The van der Waals surface area contributed by atoms with E-state index in [1.165, 1.54) is 0 Å². The first-order valence-corrected chi connectivity index (χ1v) is 7.00. The Hall–Kier alpha value is -2.95. The molecule has 5 heteroatoms. The number of pyridine rings is 2. The van der Waals surface area contributed by atoms with Gasteiger partial charge in [-0.3, -0.25) is 9.97 Å². The molecule has 0 saturated heterocycles. The van der Waals surface area contributed by atoms with Crippen molar-refractivity contribution in [2.24, 2.45) is 0 Å². The quantitative estimate of drug-likeness (QED) is 0.749. The molecule has 0 aromatic carbocycles. The molecule has 0 aliphatic carbocycles. The standard InChI is InChI=1S/C17H15N3O2/c1-2-22-17(21)14-11-15(12-3-7-18-8-4-12)20-16(14)13-5-9-19-10-6-13/h3-11,20H,2H2,1H3. The van der Waals surface area contributed by atoms with Crippen molar-refractivity contribution in [3.8, 4) is 22.5 Å². The molecule has 0 atom stereocenters. The number of nitrogens with one attached hydrogen (secondary N) is 1. The van der Waals surface area contributed by atoms with Gasteiger partial charge in [-0.25, -0.2) is 4.79 Å². The molecule has 1 N–H and O–H groups in total. The fourth-order valence-electron chi connectivity index (χ4n) is 2.26. The molecule has 110 valence electrons. The molecule has 5 nitrogen and oxygen atoms in total. The lowest BCUT2D eigenvalue weighted by molar-refractivity contribution is 0.0527. The van der Waals surface area contributed by atoms with Gasteiger partial charge in [0.2, 0.25) is 0 Å². The number of carbonyl (C=O) groups excluding carboxylic acids is 1. The van der Waals surface area contributed by atoms with Gasteiger partial charge in [0.15, 0.2) is 0 Å². The van der Waals surface area contributed by atoms with Crippen molar-refractivity contribution in [3.05, 3.63) is 60.7 Å². The van der Waals surface area contributed by atoms with E-state index in [9.17, 15) is 4.79 Å². The molecule has 22 heavy (non-hydrogen) atoms. The van der Waals surface area contributed by atoms with Crippen LogP contribution in [0.3, 0.4) is 0 Å². The second kappa shape index (κ2) is 6.22. The monoisotopic (exact) mass is 293 g/mol. The van der Waals surface area contributed by atoms with E-state index >= 15 is 0 Å². The van der Waals surface area contributed by atoms with Crippen LogP contribution in [0.2, 0.25) is 0 Å². The van der Waals surface area contributed by atoms with E-state index in [1.54, 1.807) is 31.7 Å². The van der Waals surface area contributed by atoms with Gasteiger partial charge < -0.3 is 9.72 Å². The number of aromatic amines is 1. The summed E-state index contributed by atoms with van der Waals surface area (Å²) in [4.78, 5) is 23.5. The lowest BCUT2D eigenvalue weighted by atomic mass is 10.1. The van der Waals surface area contributed by atoms with Crippen molar-refractivity contribution < 1.29 is 9.53 Å². The normalized spacial score (nSPS) is 10.4. The summed E-state index contributed by atoms with van der Waals surface area (Å²) >= 11 is 0. The summed E-state index contributed by atoms with van der Waals surface area (Å²) in [5.74, 6) is -0.342. The van der Waals surface area contributed by atoms with E-state index in [1.807, 2.05) is 30.3 Å². The first-order chi connectivity index (χ1) is 10.8. The first-order valence-electron chi connectivity index (χ1n) is 7.00. The van der Waals surface area contributed by atoms with Crippen molar-refractivity contribution in [1.29, 1.82) is 0 Å². The molecule has 3 aromatic rings. The number of hydrogen-bond donors (Lipinski definition) is 1. The molecule has 0 aliphatic heterocycles. The molecule has 3 aromatic heterocycles. The van der Waals surface area contributed by atoms with Gasteiger partial charge in [0.05, 0.1) is 17.9 Å². The third kappa shape index (κ3) is 2.74. The van der Waals surface area contributed by atoms with Crippen LogP contribution in [0.4, 0.5) is 0 Å². The van der Waals surface area contributed by atoms with Gasteiger partial charge >= 0.3 is 5.97 Å². The lowest BCUT2D eigenvalue weighted by Gasteiger charge is -2.03. The Morgan fingerprint density at radius 2 is 1.64 bits per heavy atom. The molecule has 0 radical (unpaired) electrons. The SMILES string of the molecule is CCOC(=O)c1cc(-c2ccncc2)[nH]c1-c1ccncc1. The van der Waals surface area contributed by atoms with Crippen LogP contribution in [0.1, 0.15) is 17.3 Å². The van der Waals surface area contributed by atoms with Crippen LogP contribution in [0.5, 0.6) is 0 Å². The number of H-pyrrole nitrogens is 1. The zero-order chi connectivity index (χ0) is 15.4. The molecule has 0 amide bonds. The van der Waals surface area contributed by atoms with Crippen molar-refractivity contribution in [2.45, 2.75) is 6.92 Å². The predicted molar refractivity (Wildman–Crippen MR) is 83.2 cm³/mol. The maximum absolute atomic E-state index is 12.2. The van der Waals surface area contributed by atoms with E-state index in [4.69, 9.17) is 4.74 Å². The molecule has 0 bridgehead atoms. The van der Waals surface area contributed by atoms with Gasteiger partial charge in [0.1, 0.15) is 0 Å². The third-order valence-electron chi connectivity index (χ3n) is 3.27. The molecular weight excluding hydrogens is 278 g/mol. The molecule has 0 spiro atoms. The highest BCUT2D eigenvalue weighted by Crippen LogP contribution is 2.29. The fraction of sp³-hybridized carbons (Fsp3) is 0.118. The highest BCUT2D eigenvalue weighted by atomic mass is 16.5. The van der Waals surface area contributed by atoms with E-state index in [0.717, 1.165) is 22.5 Å². The minimum Gasteiger partial charge on any atom is -0.462 e. The Morgan fingerprint density at radius 1 is 1.05 bits per heavy atom. The van der Waals surface area contributed by atoms with E-state index < -0.39 is 0 Å². The number of rotatable bonds is 4. The first kappa shape index (κ1) is 14.0. The van der Waals surface area contributed by atoms with Crippen molar-refractivity contribution in [2.75, 3.05) is 6.61 Å². The topological polar surface area (TPSA) is 67.9 Å². The summed E-state index contributed by atoms with van der Waals surface area (Å²) < 4.78 is 5.15. The number of ether oxygens (including phenoxy) is 1.